The zero-order valence-corrected chi connectivity index (χ0v) is 22.2. The Balaban J connectivity index is 1.52. The number of aromatic hydroxyl groups is 1. The molecule has 1 heterocycles. The van der Waals surface area contributed by atoms with Crippen molar-refractivity contribution in [3.05, 3.63) is 87.7 Å². The van der Waals surface area contributed by atoms with Gasteiger partial charge in [-0.3, -0.25) is 9.29 Å². The number of ether oxygens (including phenoxy) is 2. The third-order valence-corrected chi connectivity index (χ3v) is 7.76. The summed E-state index contributed by atoms with van der Waals surface area (Å²) in [6.45, 7) is 2.17. The van der Waals surface area contributed by atoms with Crippen molar-refractivity contribution < 1.29 is 23.4 Å². The van der Waals surface area contributed by atoms with E-state index in [4.69, 9.17) is 21.1 Å². The van der Waals surface area contributed by atoms with Gasteiger partial charge in [-0.05, 0) is 96.3 Å². The Kier molecular flexibility index (Phi) is 8.20. The maximum Gasteiger partial charge on any atom is 0.153 e. The van der Waals surface area contributed by atoms with Crippen molar-refractivity contribution in [3.63, 3.8) is 0 Å². The number of halogens is 3. The molecule has 0 aromatic heterocycles. The van der Waals surface area contributed by atoms with Gasteiger partial charge >= 0.3 is 0 Å². The number of aryl methyl sites for hydroxylation is 1. The van der Waals surface area contributed by atoms with E-state index in [0.29, 0.717) is 24.2 Å². The highest BCUT2D eigenvalue weighted by atomic mass is 35.5. The molecular weight excluding hydrogens is 508 g/mol. The number of hydrogen-bond donors (Lipinski definition) is 1. The summed E-state index contributed by atoms with van der Waals surface area (Å²) in [7, 11) is 1.47. The number of allylic oxidation sites excluding steroid dienone is 1. The molecule has 38 heavy (non-hydrogen) atoms. The third kappa shape index (κ3) is 5.52. The summed E-state index contributed by atoms with van der Waals surface area (Å²) in [5.74, 6) is 0.780. The van der Waals surface area contributed by atoms with Crippen molar-refractivity contribution in [2.45, 2.75) is 38.2 Å². The summed E-state index contributed by atoms with van der Waals surface area (Å²) in [6, 6.07) is 16.7. The Bertz CT molecular complexity index is 1330. The molecule has 5 rings (SSSR count). The number of phenolic OH excluding ortho intramolecular Hbond substituents is 1. The molecule has 1 saturated heterocycles. The van der Waals surface area contributed by atoms with Crippen LogP contribution in [0.2, 0.25) is 5.02 Å². The van der Waals surface area contributed by atoms with Crippen molar-refractivity contribution in [1.82, 2.24) is 4.90 Å². The quantitative estimate of drug-likeness (QED) is 0.326. The minimum atomic E-state index is -0.501. The van der Waals surface area contributed by atoms with Gasteiger partial charge in [0.05, 0.1) is 13.8 Å². The first-order valence-electron chi connectivity index (χ1n) is 13.1. The number of nitrogens with zero attached hydrogens (tertiary/aromatic N) is 1. The van der Waals surface area contributed by atoms with Crippen LogP contribution in [-0.4, -0.2) is 49.5 Å². The van der Waals surface area contributed by atoms with Crippen LogP contribution in [0.25, 0.3) is 11.1 Å². The van der Waals surface area contributed by atoms with Crippen LogP contribution in [0.5, 0.6) is 17.2 Å². The Morgan fingerprint density at radius 1 is 1.05 bits per heavy atom. The second kappa shape index (κ2) is 11.7. The Morgan fingerprint density at radius 3 is 2.61 bits per heavy atom. The normalized spacial score (nSPS) is 17.8. The van der Waals surface area contributed by atoms with Crippen molar-refractivity contribution in [2.24, 2.45) is 0 Å². The second-order valence-corrected chi connectivity index (χ2v) is 10.3. The molecule has 0 unspecified atom stereocenters. The van der Waals surface area contributed by atoms with Gasteiger partial charge < -0.3 is 14.6 Å². The predicted molar refractivity (Wildman–Crippen MR) is 147 cm³/mol. The topological polar surface area (TPSA) is 41.9 Å². The molecule has 0 bridgehead atoms. The molecule has 0 saturated carbocycles. The third-order valence-electron chi connectivity index (χ3n) is 7.41. The van der Waals surface area contributed by atoms with Crippen molar-refractivity contribution in [1.29, 1.82) is 0 Å². The summed E-state index contributed by atoms with van der Waals surface area (Å²) in [6.07, 6.45) is 3.77. The number of rotatable bonds is 8. The molecule has 1 aliphatic carbocycles. The van der Waals surface area contributed by atoms with Crippen molar-refractivity contribution >= 4 is 22.7 Å². The van der Waals surface area contributed by atoms with Crippen LogP contribution in [0.3, 0.4) is 0 Å². The van der Waals surface area contributed by atoms with Crippen LogP contribution in [0.4, 0.5) is 8.78 Å². The van der Waals surface area contributed by atoms with E-state index in [-0.39, 0.29) is 23.6 Å². The number of phenols is 1. The summed E-state index contributed by atoms with van der Waals surface area (Å²) >= 11 is 6.32. The van der Waals surface area contributed by atoms with E-state index in [1.807, 2.05) is 30.3 Å². The Morgan fingerprint density at radius 2 is 1.84 bits per heavy atom. The zero-order chi connectivity index (χ0) is 26.6. The predicted octanol–water partition coefficient (Wildman–Crippen LogP) is 7.30. The van der Waals surface area contributed by atoms with Crippen LogP contribution < -0.4 is 9.47 Å². The van der Waals surface area contributed by atoms with Crippen LogP contribution in [0.1, 0.15) is 47.9 Å². The zero-order valence-electron chi connectivity index (χ0n) is 21.5. The van der Waals surface area contributed by atoms with E-state index in [1.54, 1.807) is 24.3 Å². The maximum atomic E-state index is 15.6. The molecule has 1 fully saturated rings. The molecule has 3 aromatic carbocycles. The van der Waals surface area contributed by atoms with Gasteiger partial charge in [0, 0.05) is 25.2 Å². The lowest BCUT2D eigenvalue weighted by Gasteiger charge is -2.19. The number of hydrogen-bond acceptors (Lipinski definition) is 4. The van der Waals surface area contributed by atoms with Crippen molar-refractivity contribution in [3.8, 4) is 17.2 Å². The van der Waals surface area contributed by atoms with Gasteiger partial charge in [0.2, 0.25) is 0 Å². The lowest BCUT2D eigenvalue weighted by molar-refractivity contribution is 0.198. The SMILES string of the molecule is COc1ccc(C2=C(c3ccc(O[C@H]4CCN(CCCF)C4)cc3)c3ccc(O)cc3CCC2)c(F)c1Cl. The fraction of sp³-hybridized carbons (Fsp3) is 0.355. The highest BCUT2D eigenvalue weighted by molar-refractivity contribution is 6.32. The number of fused-ring (bicyclic) bond motifs is 1. The monoisotopic (exact) mass is 539 g/mol. The molecule has 1 atom stereocenters. The van der Waals surface area contributed by atoms with Gasteiger partial charge in [0.25, 0.3) is 0 Å². The average Bonchev–Trinajstić information content (AvgIpc) is 3.28. The lowest BCUT2D eigenvalue weighted by Crippen LogP contribution is -2.26. The first-order valence-corrected chi connectivity index (χ1v) is 13.5. The average molecular weight is 540 g/mol. The molecule has 1 aliphatic heterocycles. The van der Waals surface area contributed by atoms with Gasteiger partial charge in [-0.2, -0.15) is 0 Å². The standard InChI is InChI=1S/C31H32ClF2NO3/c1-37-28-13-12-27(31(34)30(28)32)26-5-2-4-21-18-22(36)8-11-25(21)29(26)20-6-9-23(10-7-20)38-24-14-17-35(19-24)16-3-15-33/h6-13,18,24,36H,2-5,14-17,19H2,1H3/t24-/m0/s1. The number of alkyl halides is 1. The second-order valence-electron chi connectivity index (χ2n) is 9.89. The van der Waals surface area contributed by atoms with E-state index in [1.165, 1.54) is 7.11 Å². The first kappa shape index (κ1) is 26.5. The molecule has 1 N–H and O–H groups in total. The molecule has 2 aliphatic rings. The van der Waals surface area contributed by atoms with Gasteiger partial charge in [0.15, 0.2) is 5.82 Å². The highest BCUT2D eigenvalue weighted by Crippen LogP contribution is 2.43. The van der Waals surface area contributed by atoms with E-state index in [2.05, 4.69) is 4.90 Å². The minimum Gasteiger partial charge on any atom is -0.508 e. The van der Waals surface area contributed by atoms with E-state index in [9.17, 15) is 9.50 Å². The summed E-state index contributed by atoms with van der Waals surface area (Å²) in [5.41, 5.74) is 5.16. The molecular formula is C31H32ClF2NO3. The fourth-order valence-electron chi connectivity index (χ4n) is 5.57. The molecule has 4 nitrogen and oxygen atoms in total. The Labute approximate surface area is 227 Å². The van der Waals surface area contributed by atoms with E-state index >= 15 is 4.39 Å². The molecule has 200 valence electrons. The van der Waals surface area contributed by atoms with Crippen molar-refractivity contribution in [2.75, 3.05) is 33.4 Å². The van der Waals surface area contributed by atoms with Crippen LogP contribution >= 0.6 is 11.6 Å². The van der Waals surface area contributed by atoms with Gasteiger partial charge in [0.1, 0.15) is 28.4 Å². The van der Waals surface area contributed by atoms with Crippen LogP contribution in [0, 0.1) is 5.82 Å². The van der Waals surface area contributed by atoms with Crippen LogP contribution in [0.15, 0.2) is 54.6 Å². The molecule has 0 radical (unpaired) electrons. The van der Waals surface area contributed by atoms with E-state index in [0.717, 1.165) is 72.5 Å². The summed E-state index contributed by atoms with van der Waals surface area (Å²) in [5, 5.41) is 10.1. The largest absolute Gasteiger partial charge is 0.508 e. The molecule has 3 aromatic rings. The summed E-state index contributed by atoms with van der Waals surface area (Å²) in [4.78, 5) is 2.24. The van der Waals surface area contributed by atoms with Crippen LogP contribution in [-0.2, 0) is 6.42 Å². The number of likely N-dealkylation sites (tertiary alicyclic amines) is 1. The minimum absolute atomic E-state index is 0.0344. The molecule has 7 heteroatoms. The highest BCUT2D eigenvalue weighted by Gasteiger charge is 2.26. The fourth-order valence-corrected chi connectivity index (χ4v) is 5.81. The lowest BCUT2D eigenvalue weighted by atomic mass is 9.87. The Hall–Kier alpha value is -3.09. The van der Waals surface area contributed by atoms with E-state index < -0.39 is 5.82 Å². The molecule has 0 spiro atoms. The van der Waals surface area contributed by atoms with Gasteiger partial charge in [-0.15, -0.1) is 0 Å². The maximum absolute atomic E-state index is 15.6. The number of benzene rings is 3. The molecule has 0 amide bonds. The van der Waals surface area contributed by atoms with Gasteiger partial charge in [-0.25, -0.2) is 4.39 Å². The summed E-state index contributed by atoms with van der Waals surface area (Å²) < 4.78 is 39.5. The smallest absolute Gasteiger partial charge is 0.153 e. The first-order chi connectivity index (χ1) is 18.5. The number of methoxy groups -OCH3 is 1. The van der Waals surface area contributed by atoms with Gasteiger partial charge in [-0.1, -0.05) is 29.8 Å².